The summed E-state index contributed by atoms with van der Waals surface area (Å²) in [5, 5.41) is 0. The third-order valence-corrected chi connectivity index (χ3v) is 8.44. The van der Waals surface area contributed by atoms with Crippen molar-refractivity contribution >= 4 is 51.9 Å². The fourth-order valence-electron chi connectivity index (χ4n) is 6.25. The summed E-state index contributed by atoms with van der Waals surface area (Å²) in [4.78, 5) is 32.1. The van der Waals surface area contributed by atoms with E-state index >= 15 is 0 Å². The number of hydrogen-bond donors (Lipinski definition) is 2. The molecule has 0 amide bonds. The molecule has 0 radical (unpaired) electrons. The molecule has 0 aromatic carbocycles. The Morgan fingerprint density at radius 2 is 0.959 bits per heavy atom. The van der Waals surface area contributed by atoms with Crippen molar-refractivity contribution in [2.75, 3.05) is 0 Å². The van der Waals surface area contributed by atoms with E-state index in [2.05, 4.69) is 40.8 Å². The molecule has 49 heavy (non-hydrogen) atoms. The van der Waals surface area contributed by atoms with Crippen LogP contribution in [0, 0.1) is 0 Å². The fraction of sp³-hybridized carbons (Fsp3) is 0.0238. The van der Waals surface area contributed by atoms with Crippen LogP contribution in [0.15, 0.2) is 128 Å². The summed E-state index contributed by atoms with van der Waals surface area (Å²) in [5.74, 6) is 0. The maximum absolute atomic E-state index is 5.25. The zero-order valence-electron chi connectivity index (χ0n) is 26.8. The molecular weight excluding hydrogens is 603 g/mol. The van der Waals surface area contributed by atoms with Crippen LogP contribution in [0.4, 0.5) is 0 Å². The van der Waals surface area contributed by atoms with Crippen molar-refractivity contribution in [3.63, 3.8) is 0 Å². The number of allylic oxidation sites excluding steroid dienone is 5. The fourth-order valence-corrected chi connectivity index (χ4v) is 6.25. The molecule has 0 fully saturated rings. The van der Waals surface area contributed by atoms with Gasteiger partial charge < -0.3 is 9.97 Å². The van der Waals surface area contributed by atoms with Crippen molar-refractivity contribution in [3.05, 3.63) is 157 Å². The van der Waals surface area contributed by atoms with Gasteiger partial charge in [-0.2, -0.15) is 0 Å². The van der Waals surface area contributed by atoms with Crippen molar-refractivity contribution in [2.45, 2.75) is 6.92 Å². The summed E-state index contributed by atoms with van der Waals surface area (Å²) in [6.45, 7) is 6.47. The van der Waals surface area contributed by atoms with E-state index in [0.29, 0.717) is 0 Å². The third-order valence-electron chi connectivity index (χ3n) is 8.44. The lowest BCUT2D eigenvalue weighted by atomic mass is 10.0. The quantitative estimate of drug-likeness (QED) is 0.178. The van der Waals surface area contributed by atoms with Crippen LogP contribution in [0.5, 0.6) is 0 Å². The molecule has 6 aromatic heterocycles. The number of pyridine rings is 3. The number of fused-ring (bicyclic) bond motifs is 8. The zero-order valence-corrected chi connectivity index (χ0v) is 26.8. The molecule has 234 valence electrons. The van der Waals surface area contributed by atoms with Gasteiger partial charge in [0, 0.05) is 46.4 Å². The predicted molar refractivity (Wildman–Crippen MR) is 202 cm³/mol. The molecule has 2 aliphatic rings. The van der Waals surface area contributed by atoms with Gasteiger partial charge in [0.1, 0.15) is 0 Å². The summed E-state index contributed by atoms with van der Waals surface area (Å²) >= 11 is 0. The van der Waals surface area contributed by atoms with Crippen LogP contribution in [0.3, 0.4) is 0 Å². The molecule has 8 heterocycles. The SMILES string of the molecule is C=C(/C=C\C=C/C)c1c2nc(c(-c3ccccn3)c3ccc([nH]3)c(-c3ccccn3)c3nc(c(-c4ccccn4)c4ccc1[nH]4)C=C3)C=C2. The van der Waals surface area contributed by atoms with Gasteiger partial charge in [0.05, 0.1) is 56.4 Å². The van der Waals surface area contributed by atoms with Gasteiger partial charge >= 0.3 is 0 Å². The molecule has 0 saturated heterocycles. The van der Waals surface area contributed by atoms with Gasteiger partial charge in [0.25, 0.3) is 0 Å². The standard InChI is InChI=1S/C42H31N7/c1-3-4-5-12-27(2)39-31-16-18-33(46-31)40(28-13-6-9-24-43-28)35-20-22-37(48-35)42(30-15-8-11-26-45-30)38-23-21-36(49-38)41(29-14-7-10-25-44-29)34-19-17-32(39)47-34/h3-26,46,49H,2H2,1H3/b4-3-,12-5-,39-31?,39-32?,40-33?,40-35?,41-34?,41-36?,42-37?,42-38?. The maximum Gasteiger partial charge on any atom is 0.0753 e. The Bertz CT molecular complexity index is 2460. The van der Waals surface area contributed by atoms with E-state index < -0.39 is 0 Å². The summed E-state index contributed by atoms with van der Waals surface area (Å²) in [6.07, 6.45) is 21.6. The first kappa shape index (κ1) is 29.7. The summed E-state index contributed by atoms with van der Waals surface area (Å²) in [7, 11) is 0. The number of hydrogen-bond acceptors (Lipinski definition) is 5. The smallest absolute Gasteiger partial charge is 0.0753 e. The van der Waals surface area contributed by atoms with E-state index in [-0.39, 0.29) is 0 Å². The van der Waals surface area contributed by atoms with Crippen molar-refractivity contribution in [1.82, 2.24) is 34.9 Å². The van der Waals surface area contributed by atoms with E-state index in [1.807, 2.05) is 110 Å². The second-order valence-corrected chi connectivity index (χ2v) is 11.6. The molecule has 8 bridgehead atoms. The second kappa shape index (κ2) is 12.8. The lowest BCUT2D eigenvalue weighted by Crippen LogP contribution is -1.92. The largest absolute Gasteiger partial charge is 0.354 e. The predicted octanol–water partition coefficient (Wildman–Crippen LogP) is 9.99. The minimum absolute atomic E-state index is 0.789. The average molecular weight is 634 g/mol. The highest BCUT2D eigenvalue weighted by Gasteiger charge is 2.19. The van der Waals surface area contributed by atoms with E-state index in [0.717, 1.165) is 89.8 Å². The van der Waals surface area contributed by atoms with Crippen molar-refractivity contribution in [3.8, 4) is 33.8 Å². The lowest BCUT2D eigenvalue weighted by molar-refractivity contribution is 1.26. The number of aromatic nitrogens is 7. The van der Waals surface area contributed by atoms with E-state index in [4.69, 9.17) is 24.9 Å². The molecule has 8 rings (SSSR count). The molecule has 2 aliphatic heterocycles. The van der Waals surface area contributed by atoms with Crippen LogP contribution in [0.25, 0.3) is 85.7 Å². The van der Waals surface area contributed by atoms with Gasteiger partial charge in [-0.15, -0.1) is 0 Å². The maximum atomic E-state index is 5.25. The first-order valence-electron chi connectivity index (χ1n) is 16.1. The zero-order chi connectivity index (χ0) is 33.2. The number of aromatic amines is 2. The molecule has 0 spiro atoms. The molecule has 2 N–H and O–H groups in total. The third kappa shape index (κ3) is 5.64. The topological polar surface area (TPSA) is 96.0 Å². The number of nitrogens with zero attached hydrogens (tertiary/aromatic N) is 5. The molecule has 7 heteroatoms. The highest BCUT2D eigenvalue weighted by molar-refractivity contribution is 5.98. The van der Waals surface area contributed by atoms with Gasteiger partial charge in [-0.1, -0.05) is 49.1 Å². The number of nitrogens with one attached hydrogen (secondary N) is 2. The number of rotatable bonds is 6. The van der Waals surface area contributed by atoms with Gasteiger partial charge in [-0.3, -0.25) is 15.0 Å². The first-order chi connectivity index (χ1) is 24.2. The van der Waals surface area contributed by atoms with Crippen molar-refractivity contribution in [1.29, 1.82) is 0 Å². The molecule has 0 atom stereocenters. The van der Waals surface area contributed by atoms with Crippen LogP contribution >= 0.6 is 0 Å². The first-order valence-corrected chi connectivity index (χ1v) is 16.1. The lowest BCUT2D eigenvalue weighted by Gasteiger charge is -2.06. The monoisotopic (exact) mass is 633 g/mol. The Balaban J connectivity index is 1.56. The van der Waals surface area contributed by atoms with Crippen molar-refractivity contribution < 1.29 is 0 Å². The van der Waals surface area contributed by atoms with E-state index in [9.17, 15) is 0 Å². The molecule has 0 saturated carbocycles. The van der Waals surface area contributed by atoms with Crippen molar-refractivity contribution in [2.24, 2.45) is 0 Å². The van der Waals surface area contributed by atoms with Crippen LogP contribution in [-0.4, -0.2) is 34.9 Å². The highest BCUT2D eigenvalue weighted by atomic mass is 14.8. The van der Waals surface area contributed by atoms with Gasteiger partial charge in [0.2, 0.25) is 0 Å². The highest BCUT2D eigenvalue weighted by Crippen LogP contribution is 2.36. The minimum atomic E-state index is 0.789. The van der Waals surface area contributed by atoms with Crippen LogP contribution < -0.4 is 0 Å². The van der Waals surface area contributed by atoms with Crippen LogP contribution in [-0.2, 0) is 0 Å². The van der Waals surface area contributed by atoms with Crippen LogP contribution in [0.2, 0.25) is 0 Å². The Morgan fingerprint density at radius 1 is 0.531 bits per heavy atom. The Morgan fingerprint density at radius 3 is 1.41 bits per heavy atom. The molecule has 7 nitrogen and oxygen atoms in total. The Labute approximate surface area is 283 Å². The summed E-state index contributed by atoms with van der Waals surface area (Å²) in [6, 6.07) is 26.0. The molecule has 0 aliphatic carbocycles. The van der Waals surface area contributed by atoms with Crippen LogP contribution in [0.1, 0.15) is 35.3 Å². The normalized spacial score (nSPS) is 12.3. The van der Waals surface area contributed by atoms with Gasteiger partial charge in [-0.05, 0) is 97.5 Å². The van der Waals surface area contributed by atoms with Gasteiger partial charge in [0.15, 0.2) is 0 Å². The summed E-state index contributed by atoms with van der Waals surface area (Å²) < 4.78 is 0. The van der Waals surface area contributed by atoms with E-state index in [1.54, 1.807) is 18.6 Å². The van der Waals surface area contributed by atoms with E-state index in [1.165, 1.54) is 0 Å². The molecule has 6 aromatic rings. The molecular formula is C42H31N7. The average Bonchev–Trinajstić information content (AvgIpc) is 3.97. The number of H-pyrrole nitrogens is 2. The Kier molecular flexibility index (Phi) is 7.76. The minimum Gasteiger partial charge on any atom is -0.354 e. The molecule has 0 unspecified atom stereocenters. The summed E-state index contributed by atoms with van der Waals surface area (Å²) in [5.41, 5.74) is 13.4. The second-order valence-electron chi connectivity index (χ2n) is 11.6. The van der Waals surface area contributed by atoms with Gasteiger partial charge in [-0.25, -0.2) is 9.97 Å². The Hall–Kier alpha value is -6.73.